The molecule has 0 bridgehead atoms. The first-order valence-electron chi connectivity index (χ1n) is 4.45. The van der Waals surface area contributed by atoms with Crippen LogP contribution in [0.1, 0.15) is 33.1 Å². The van der Waals surface area contributed by atoms with Crippen LogP contribution < -0.4 is 0 Å². The van der Waals surface area contributed by atoms with Gasteiger partial charge in [-0.05, 0) is 13.3 Å². The molecule has 0 radical (unpaired) electrons. The highest BCUT2D eigenvalue weighted by Crippen LogP contribution is 2.31. The average molecular weight is 188 g/mol. The highest BCUT2D eigenvalue weighted by molar-refractivity contribution is 8.00. The molecule has 0 aliphatic heterocycles. The van der Waals surface area contributed by atoms with E-state index < -0.39 is 0 Å². The van der Waals surface area contributed by atoms with Crippen molar-refractivity contribution < 1.29 is 9.90 Å². The van der Waals surface area contributed by atoms with Crippen LogP contribution in [0.15, 0.2) is 0 Å². The Kier molecular flexibility index (Phi) is 3.59. The Labute approximate surface area is 77.7 Å². The lowest BCUT2D eigenvalue weighted by Gasteiger charge is -2.17. The minimum atomic E-state index is -0.272. The summed E-state index contributed by atoms with van der Waals surface area (Å²) in [6.45, 7) is 3.81. The summed E-state index contributed by atoms with van der Waals surface area (Å²) >= 11 is 1.75. The molecule has 1 aliphatic rings. The Morgan fingerprint density at radius 1 is 1.58 bits per heavy atom. The van der Waals surface area contributed by atoms with Gasteiger partial charge in [0.15, 0.2) is 0 Å². The number of thioether (sulfide) groups is 1. The summed E-state index contributed by atoms with van der Waals surface area (Å²) in [5.74, 6) is 0.380. The molecule has 1 saturated carbocycles. The van der Waals surface area contributed by atoms with E-state index in [0.29, 0.717) is 17.5 Å². The molecule has 70 valence electrons. The van der Waals surface area contributed by atoms with E-state index in [4.69, 9.17) is 0 Å². The van der Waals surface area contributed by atoms with Crippen LogP contribution in [0.25, 0.3) is 0 Å². The zero-order valence-electron chi connectivity index (χ0n) is 7.62. The minimum absolute atomic E-state index is 0.251. The zero-order chi connectivity index (χ0) is 9.14. The molecular formula is C9H16O2S. The van der Waals surface area contributed by atoms with Crippen LogP contribution in [0.2, 0.25) is 0 Å². The van der Waals surface area contributed by atoms with Gasteiger partial charge in [0, 0.05) is 23.3 Å². The van der Waals surface area contributed by atoms with E-state index in [0.717, 1.165) is 12.8 Å². The molecule has 3 unspecified atom stereocenters. The van der Waals surface area contributed by atoms with Gasteiger partial charge in [-0.25, -0.2) is 0 Å². The molecule has 1 fully saturated rings. The predicted molar refractivity (Wildman–Crippen MR) is 51.4 cm³/mol. The fourth-order valence-corrected chi connectivity index (χ4v) is 2.68. The van der Waals surface area contributed by atoms with Gasteiger partial charge < -0.3 is 5.11 Å². The van der Waals surface area contributed by atoms with Gasteiger partial charge >= 0.3 is 0 Å². The standard InChI is InChI=1S/C9H16O2S/c1-6(10)7(2)12-9-4-3-8(11)5-9/h6-7,9-10H,3-5H2,1-2H3. The van der Waals surface area contributed by atoms with Gasteiger partial charge in [-0.1, -0.05) is 6.92 Å². The van der Waals surface area contributed by atoms with Crippen molar-refractivity contribution in [2.24, 2.45) is 0 Å². The van der Waals surface area contributed by atoms with Crippen molar-refractivity contribution in [2.75, 3.05) is 0 Å². The number of aliphatic hydroxyl groups is 1. The fraction of sp³-hybridized carbons (Fsp3) is 0.889. The summed E-state index contributed by atoms with van der Waals surface area (Å²) in [6, 6.07) is 0. The van der Waals surface area contributed by atoms with E-state index in [9.17, 15) is 9.90 Å². The summed E-state index contributed by atoms with van der Waals surface area (Å²) in [7, 11) is 0. The first kappa shape index (κ1) is 10.1. The largest absolute Gasteiger partial charge is 0.392 e. The number of hydrogen-bond donors (Lipinski definition) is 1. The van der Waals surface area contributed by atoms with Crippen LogP contribution in [0.4, 0.5) is 0 Å². The molecule has 0 amide bonds. The van der Waals surface area contributed by atoms with Crippen molar-refractivity contribution in [1.82, 2.24) is 0 Å². The van der Waals surface area contributed by atoms with E-state index in [-0.39, 0.29) is 11.4 Å². The first-order chi connectivity index (χ1) is 5.59. The summed E-state index contributed by atoms with van der Waals surface area (Å²) in [5, 5.41) is 9.95. The molecule has 0 aromatic rings. The van der Waals surface area contributed by atoms with Crippen LogP contribution in [-0.2, 0) is 4.79 Å². The molecule has 0 saturated heterocycles. The minimum Gasteiger partial charge on any atom is -0.392 e. The molecule has 3 heteroatoms. The lowest BCUT2D eigenvalue weighted by atomic mass is 10.3. The highest BCUT2D eigenvalue weighted by Gasteiger charge is 2.25. The van der Waals surface area contributed by atoms with Crippen molar-refractivity contribution in [1.29, 1.82) is 0 Å². The van der Waals surface area contributed by atoms with Crippen LogP contribution >= 0.6 is 11.8 Å². The van der Waals surface area contributed by atoms with Gasteiger partial charge in [-0.15, -0.1) is 0 Å². The van der Waals surface area contributed by atoms with Crippen molar-refractivity contribution in [3.63, 3.8) is 0 Å². The number of Topliss-reactive ketones (excluding diaryl/α,β-unsaturated/α-hetero) is 1. The van der Waals surface area contributed by atoms with Crippen LogP contribution in [0.3, 0.4) is 0 Å². The second-order valence-corrected chi connectivity index (χ2v) is 5.17. The molecule has 3 atom stereocenters. The van der Waals surface area contributed by atoms with Gasteiger partial charge in [0.25, 0.3) is 0 Å². The molecule has 2 nitrogen and oxygen atoms in total. The van der Waals surface area contributed by atoms with Crippen molar-refractivity contribution in [3.8, 4) is 0 Å². The number of aliphatic hydroxyl groups excluding tert-OH is 1. The maximum atomic E-state index is 10.9. The summed E-state index contributed by atoms with van der Waals surface area (Å²) < 4.78 is 0. The molecule has 12 heavy (non-hydrogen) atoms. The molecule has 0 aromatic heterocycles. The second kappa shape index (κ2) is 4.28. The lowest BCUT2D eigenvalue weighted by molar-refractivity contribution is -0.117. The number of carbonyl (C=O) groups excluding carboxylic acids is 1. The SMILES string of the molecule is CC(O)C(C)SC1CCC(=O)C1. The summed E-state index contributed by atoms with van der Waals surface area (Å²) in [5.41, 5.74) is 0. The third-order valence-electron chi connectivity index (χ3n) is 2.29. The van der Waals surface area contributed by atoms with E-state index in [2.05, 4.69) is 0 Å². The molecule has 0 spiro atoms. The number of hydrogen-bond acceptors (Lipinski definition) is 3. The normalized spacial score (nSPS) is 28.9. The smallest absolute Gasteiger partial charge is 0.134 e. The Hall–Kier alpha value is -0.0200. The second-order valence-electron chi connectivity index (χ2n) is 3.49. The Morgan fingerprint density at radius 3 is 2.67 bits per heavy atom. The van der Waals surface area contributed by atoms with Gasteiger partial charge in [0.05, 0.1) is 6.10 Å². The van der Waals surface area contributed by atoms with E-state index in [1.807, 2.05) is 6.92 Å². The van der Waals surface area contributed by atoms with Crippen LogP contribution in [0, 0.1) is 0 Å². The topological polar surface area (TPSA) is 37.3 Å². The lowest BCUT2D eigenvalue weighted by Crippen LogP contribution is -2.18. The third kappa shape index (κ3) is 2.79. The number of carbonyl (C=O) groups is 1. The number of ketones is 1. The monoisotopic (exact) mass is 188 g/mol. The summed E-state index contributed by atoms with van der Waals surface area (Å²) in [4.78, 5) is 10.9. The Morgan fingerprint density at radius 2 is 2.25 bits per heavy atom. The maximum Gasteiger partial charge on any atom is 0.134 e. The predicted octanol–water partition coefficient (Wildman–Crippen LogP) is 1.61. The number of rotatable bonds is 3. The van der Waals surface area contributed by atoms with Crippen molar-refractivity contribution in [2.45, 2.75) is 49.7 Å². The van der Waals surface area contributed by atoms with Gasteiger partial charge in [-0.2, -0.15) is 11.8 Å². The Balaban J connectivity index is 2.27. The Bertz CT molecular complexity index is 168. The average Bonchev–Trinajstić information content (AvgIpc) is 2.35. The molecule has 1 rings (SSSR count). The van der Waals surface area contributed by atoms with Gasteiger partial charge in [0.2, 0.25) is 0 Å². The molecule has 0 aromatic carbocycles. The molecule has 1 aliphatic carbocycles. The third-order valence-corrected chi connectivity index (χ3v) is 3.90. The summed E-state index contributed by atoms with van der Waals surface area (Å²) in [6.07, 6.45) is 2.18. The van der Waals surface area contributed by atoms with Crippen LogP contribution in [0.5, 0.6) is 0 Å². The van der Waals surface area contributed by atoms with Gasteiger partial charge in [-0.3, -0.25) is 4.79 Å². The molecular weight excluding hydrogens is 172 g/mol. The van der Waals surface area contributed by atoms with Gasteiger partial charge in [0.1, 0.15) is 5.78 Å². The van der Waals surface area contributed by atoms with E-state index >= 15 is 0 Å². The molecule has 1 N–H and O–H groups in total. The maximum absolute atomic E-state index is 10.9. The highest BCUT2D eigenvalue weighted by atomic mass is 32.2. The quantitative estimate of drug-likeness (QED) is 0.731. The van der Waals surface area contributed by atoms with E-state index in [1.54, 1.807) is 18.7 Å². The first-order valence-corrected chi connectivity index (χ1v) is 5.39. The van der Waals surface area contributed by atoms with Crippen molar-refractivity contribution >= 4 is 17.5 Å². The van der Waals surface area contributed by atoms with E-state index in [1.165, 1.54) is 0 Å². The fourth-order valence-electron chi connectivity index (χ4n) is 1.31. The van der Waals surface area contributed by atoms with Crippen molar-refractivity contribution in [3.05, 3.63) is 0 Å². The van der Waals surface area contributed by atoms with Crippen LogP contribution in [-0.4, -0.2) is 27.5 Å². The molecule has 0 heterocycles. The zero-order valence-corrected chi connectivity index (χ0v) is 8.43.